The smallest absolute Gasteiger partial charge is 0.309 e. The van der Waals surface area contributed by atoms with Gasteiger partial charge in [0.25, 0.3) is 0 Å². The molecule has 2 rings (SSSR count). The van der Waals surface area contributed by atoms with Crippen LogP contribution in [-0.2, 0) is 16.1 Å². The van der Waals surface area contributed by atoms with Gasteiger partial charge in [0.05, 0.1) is 11.6 Å². The molecule has 1 N–H and O–H groups in total. The van der Waals surface area contributed by atoms with Gasteiger partial charge in [-0.2, -0.15) is 5.10 Å². The molecule has 5 heteroatoms. The normalized spacial score (nSPS) is 25.7. The summed E-state index contributed by atoms with van der Waals surface area (Å²) in [6.45, 7) is 3.21. The third-order valence-corrected chi connectivity index (χ3v) is 2.75. The fraction of sp³-hybridized carbons (Fsp3) is 0.600. The van der Waals surface area contributed by atoms with Gasteiger partial charge in [0.2, 0.25) is 0 Å². The van der Waals surface area contributed by atoms with E-state index in [9.17, 15) is 4.79 Å². The Labute approximate surface area is 87.7 Å². The quantitative estimate of drug-likeness (QED) is 0.810. The van der Waals surface area contributed by atoms with Crippen LogP contribution in [-0.4, -0.2) is 27.5 Å². The van der Waals surface area contributed by atoms with Crippen LogP contribution < -0.4 is 0 Å². The molecule has 2 heterocycles. The molecule has 0 saturated carbocycles. The third-order valence-electron chi connectivity index (χ3n) is 2.75. The number of aryl methyl sites for hydroxylation is 1. The molecule has 0 radical (unpaired) electrons. The van der Waals surface area contributed by atoms with Gasteiger partial charge in [0.1, 0.15) is 6.10 Å². The second kappa shape index (κ2) is 4.02. The van der Waals surface area contributed by atoms with Crippen molar-refractivity contribution >= 4 is 5.97 Å². The first-order valence-corrected chi connectivity index (χ1v) is 5.10. The highest BCUT2D eigenvalue weighted by Crippen LogP contribution is 2.34. The minimum atomic E-state index is -0.790. The summed E-state index contributed by atoms with van der Waals surface area (Å²) < 4.78 is 7.26. The first kappa shape index (κ1) is 10.2. The largest absolute Gasteiger partial charge is 0.481 e. The van der Waals surface area contributed by atoms with E-state index in [1.807, 2.05) is 13.0 Å². The van der Waals surface area contributed by atoms with Crippen LogP contribution in [0, 0.1) is 5.92 Å². The predicted octanol–water partition coefficient (Wildman–Crippen LogP) is 1.07. The fourth-order valence-electron chi connectivity index (χ4n) is 1.98. The zero-order valence-electron chi connectivity index (χ0n) is 8.59. The van der Waals surface area contributed by atoms with Crippen LogP contribution in [0.25, 0.3) is 0 Å². The van der Waals surface area contributed by atoms with E-state index in [0.29, 0.717) is 13.0 Å². The van der Waals surface area contributed by atoms with Crippen LogP contribution in [0.3, 0.4) is 0 Å². The summed E-state index contributed by atoms with van der Waals surface area (Å²) in [6.07, 6.45) is 1.92. The van der Waals surface area contributed by atoms with E-state index in [4.69, 9.17) is 9.84 Å². The molecule has 82 valence electrons. The summed E-state index contributed by atoms with van der Waals surface area (Å²) in [7, 11) is 0. The highest BCUT2D eigenvalue weighted by molar-refractivity contribution is 5.71. The number of ether oxygens (including phenoxy) is 1. The van der Waals surface area contributed by atoms with Gasteiger partial charge in [-0.25, -0.2) is 0 Å². The summed E-state index contributed by atoms with van der Waals surface area (Å²) in [5.41, 5.74) is 0.863. The van der Waals surface area contributed by atoms with Gasteiger partial charge in [-0.05, 0) is 19.4 Å². The van der Waals surface area contributed by atoms with Crippen molar-refractivity contribution in [2.24, 2.45) is 5.92 Å². The Hall–Kier alpha value is -1.36. The van der Waals surface area contributed by atoms with E-state index < -0.39 is 11.9 Å². The Kier molecular flexibility index (Phi) is 2.73. The number of rotatable bonds is 3. The molecule has 2 unspecified atom stereocenters. The molecule has 2 atom stereocenters. The Balaban J connectivity index is 2.26. The van der Waals surface area contributed by atoms with Crippen molar-refractivity contribution in [2.45, 2.75) is 26.0 Å². The van der Waals surface area contributed by atoms with Crippen molar-refractivity contribution in [3.63, 3.8) is 0 Å². The molecule has 1 aromatic rings. The summed E-state index contributed by atoms with van der Waals surface area (Å²) in [5.74, 6) is -1.23. The van der Waals surface area contributed by atoms with Crippen molar-refractivity contribution in [1.82, 2.24) is 9.78 Å². The summed E-state index contributed by atoms with van der Waals surface area (Å²) in [5, 5.41) is 13.2. The lowest BCUT2D eigenvalue weighted by Gasteiger charge is -2.15. The number of carboxylic acids is 1. The Morgan fingerprint density at radius 3 is 3.27 bits per heavy atom. The van der Waals surface area contributed by atoms with Gasteiger partial charge >= 0.3 is 5.97 Å². The molecule has 5 nitrogen and oxygen atoms in total. The molecule has 0 aliphatic carbocycles. The van der Waals surface area contributed by atoms with E-state index in [-0.39, 0.29) is 6.10 Å². The van der Waals surface area contributed by atoms with E-state index in [0.717, 1.165) is 12.2 Å². The summed E-state index contributed by atoms with van der Waals surface area (Å²) in [6, 6.07) is 1.83. The molecule has 0 amide bonds. The lowest BCUT2D eigenvalue weighted by atomic mass is 9.99. The molecule has 0 spiro atoms. The number of aromatic nitrogens is 2. The van der Waals surface area contributed by atoms with Crippen LogP contribution in [0.2, 0.25) is 0 Å². The molecule has 1 aliphatic heterocycles. The maximum absolute atomic E-state index is 11.0. The lowest BCUT2D eigenvalue weighted by Crippen LogP contribution is -2.20. The molecule has 1 aromatic heterocycles. The topological polar surface area (TPSA) is 64.4 Å². The first-order valence-electron chi connectivity index (χ1n) is 5.10. The number of aliphatic carboxylic acids is 1. The van der Waals surface area contributed by atoms with Gasteiger partial charge in [-0.15, -0.1) is 0 Å². The molecular formula is C10H14N2O3. The minimum absolute atomic E-state index is 0.343. The summed E-state index contributed by atoms with van der Waals surface area (Å²) >= 11 is 0. The Bertz CT molecular complexity index is 361. The summed E-state index contributed by atoms with van der Waals surface area (Å²) in [4.78, 5) is 11.0. The average Bonchev–Trinajstić information content (AvgIpc) is 2.85. The van der Waals surface area contributed by atoms with Crippen molar-refractivity contribution < 1.29 is 14.6 Å². The zero-order valence-corrected chi connectivity index (χ0v) is 8.59. The molecule has 15 heavy (non-hydrogen) atoms. The van der Waals surface area contributed by atoms with E-state index >= 15 is 0 Å². The molecule has 0 aromatic carbocycles. The molecule has 1 fully saturated rings. The number of carboxylic acid groups (broad SMARTS) is 1. The minimum Gasteiger partial charge on any atom is -0.481 e. The number of carbonyl (C=O) groups is 1. The van der Waals surface area contributed by atoms with Crippen LogP contribution in [0.4, 0.5) is 0 Å². The van der Waals surface area contributed by atoms with Crippen LogP contribution in [0.1, 0.15) is 25.1 Å². The number of hydrogen-bond donors (Lipinski definition) is 1. The highest BCUT2D eigenvalue weighted by Gasteiger charge is 2.36. The van der Waals surface area contributed by atoms with Crippen LogP contribution >= 0.6 is 0 Å². The monoisotopic (exact) mass is 210 g/mol. The second-order valence-electron chi connectivity index (χ2n) is 3.60. The van der Waals surface area contributed by atoms with Crippen molar-refractivity contribution in [3.8, 4) is 0 Å². The lowest BCUT2D eigenvalue weighted by molar-refractivity contribution is -0.143. The van der Waals surface area contributed by atoms with Gasteiger partial charge in [-0.3, -0.25) is 9.48 Å². The fourth-order valence-corrected chi connectivity index (χ4v) is 1.98. The van der Waals surface area contributed by atoms with Gasteiger partial charge in [-0.1, -0.05) is 0 Å². The van der Waals surface area contributed by atoms with Crippen molar-refractivity contribution in [1.29, 1.82) is 0 Å². The average molecular weight is 210 g/mol. The van der Waals surface area contributed by atoms with Crippen molar-refractivity contribution in [3.05, 3.63) is 18.0 Å². The molecular weight excluding hydrogens is 196 g/mol. The van der Waals surface area contributed by atoms with E-state index in [2.05, 4.69) is 5.10 Å². The molecule has 1 aliphatic rings. The van der Waals surface area contributed by atoms with E-state index in [1.54, 1.807) is 10.9 Å². The Morgan fingerprint density at radius 2 is 2.60 bits per heavy atom. The maximum atomic E-state index is 11.0. The van der Waals surface area contributed by atoms with Gasteiger partial charge in [0, 0.05) is 19.3 Å². The third kappa shape index (κ3) is 1.74. The number of nitrogens with zero attached hydrogens (tertiary/aromatic N) is 2. The second-order valence-corrected chi connectivity index (χ2v) is 3.60. The zero-order chi connectivity index (χ0) is 10.8. The number of hydrogen-bond acceptors (Lipinski definition) is 3. The standard InChI is InChI=1S/C10H14N2O3/c1-2-12-8(3-5-11-12)9-7(10(13)14)4-6-15-9/h3,5,7,9H,2,4,6H2,1H3,(H,13,14). The predicted molar refractivity (Wildman–Crippen MR) is 52.3 cm³/mol. The SMILES string of the molecule is CCn1nccc1C1OCCC1C(=O)O. The van der Waals surface area contributed by atoms with Crippen molar-refractivity contribution in [2.75, 3.05) is 6.61 Å². The van der Waals surface area contributed by atoms with Crippen LogP contribution in [0.15, 0.2) is 12.3 Å². The van der Waals surface area contributed by atoms with E-state index in [1.165, 1.54) is 0 Å². The van der Waals surface area contributed by atoms with Gasteiger partial charge in [0.15, 0.2) is 0 Å². The maximum Gasteiger partial charge on any atom is 0.309 e. The molecule has 0 bridgehead atoms. The van der Waals surface area contributed by atoms with Crippen LogP contribution in [0.5, 0.6) is 0 Å². The highest BCUT2D eigenvalue weighted by atomic mass is 16.5. The first-order chi connectivity index (χ1) is 7.24. The molecule has 1 saturated heterocycles. The van der Waals surface area contributed by atoms with Gasteiger partial charge < -0.3 is 9.84 Å². The Morgan fingerprint density at radius 1 is 1.80 bits per heavy atom.